The Morgan fingerprint density at radius 1 is 1.15 bits per heavy atom. The van der Waals surface area contributed by atoms with E-state index in [1.54, 1.807) is 15.7 Å². The number of likely N-dealkylation sites (tertiary alicyclic amines) is 1. The van der Waals surface area contributed by atoms with E-state index in [-0.39, 0.29) is 12.1 Å². The zero-order valence-electron chi connectivity index (χ0n) is 12.7. The van der Waals surface area contributed by atoms with Gasteiger partial charge >= 0.3 is 0 Å². The van der Waals surface area contributed by atoms with E-state index >= 15 is 0 Å². The summed E-state index contributed by atoms with van der Waals surface area (Å²) in [4.78, 5) is 2.25. The smallest absolute Gasteiger partial charge is 0.282 e. The molecule has 1 unspecified atom stereocenters. The molecule has 0 aromatic carbocycles. The molecule has 2 aliphatic heterocycles. The van der Waals surface area contributed by atoms with Crippen molar-refractivity contribution in [2.45, 2.75) is 44.2 Å². The summed E-state index contributed by atoms with van der Waals surface area (Å²) >= 11 is 0. The van der Waals surface area contributed by atoms with Crippen LogP contribution in [-0.4, -0.2) is 74.3 Å². The number of hydrogen-bond acceptors (Lipinski definition) is 4. The molecule has 2 N–H and O–H groups in total. The lowest BCUT2D eigenvalue weighted by molar-refractivity contribution is 0.179. The van der Waals surface area contributed by atoms with E-state index < -0.39 is 10.2 Å². The minimum absolute atomic E-state index is 0.0255. The largest absolute Gasteiger partial charge is 0.329 e. The Hall–Kier alpha value is -0.210. The van der Waals surface area contributed by atoms with E-state index in [9.17, 15) is 8.42 Å². The molecule has 2 rings (SSSR count). The SMILES string of the molecule is CN1CCC(N(C)S(=O)(=O)N2CCCCC2CN)CC1. The number of rotatable bonds is 4. The minimum Gasteiger partial charge on any atom is -0.329 e. The molecule has 0 spiro atoms. The van der Waals surface area contributed by atoms with Crippen LogP contribution in [0.5, 0.6) is 0 Å². The summed E-state index contributed by atoms with van der Waals surface area (Å²) in [6.07, 6.45) is 4.72. The van der Waals surface area contributed by atoms with E-state index in [1.165, 1.54) is 0 Å². The second kappa shape index (κ2) is 6.70. The van der Waals surface area contributed by atoms with Crippen LogP contribution < -0.4 is 5.73 Å². The van der Waals surface area contributed by atoms with Gasteiger partial charge in [-0.1, -0.05) is 6.42 Å². The molecule has 20 heavy (non-hydrogen) atoms. The van der Waals surface area contributed by atoms with Crippen LogP contribution in [-0.2, 0) is 10.2 Å². The van der Waals surface area contributed by atoms with Crippen LogP contribution in [0.25, 0.3) is 0 Å². The van der Waals surface area contributed by atoms with Gasteiger partial charge in [-0.25, -0.2) is 0 Å². The van der Waals surface area contributed by atoms with Crippen LogP contribution in [0.1, 0.15) is 32.1 Å². The van der Waals surface area contributed by atoms with Gasteiger partial charge < -0.3 is 10.6 Å². The summed E-state index contributed by atoms with van der Waals surface area (Å²) in [7, 11) is 0.441. The van der Waals surface area contributed by atoms with E-state index in [4.69, 9.17) is 5.73 Å². The first-order valence-electron chi connectivity index (χ1n) is 7.60. The highest BCUT2D eigenvalue weighted by Gasteiger charge is 2.37. The van der Waals surface area contributed by atoms with Gasteiger partial charge in [-0.15, -0.1) is 0 Å². The quantitative estimate of drug-likeness (QED) is 0.798. The summed E-state index contributed by atoms with van der Waals surface area (Å²) in [5.74, 6) is 0. The highest BCUT2D eigenvalue weighted by atomic mass is 32.2. The molecule has 6 nitrogen and oxygen atoms in total. The summed E-state index contributed by atoms with van der Waals surface area (Å²) in [5.41, 5.74) is 5.76. The zero-order valence-corrected chi connectivity index (χ0v) is 13.5. The number of nitrogens with two attached hydrogens (primary N) is 1. The number of piperidine rings is 2. The Balaban J connectivity index is 2.08. The Morgan fingerprint density at radius 3 is 2.40 bits per heavy atom. The maximum atomic E-state index is 12.8. The topological polar surface area (TPSA) is 69.9 Å². The molecule has 0 aliphatic carbocycles. The second-order valence-corrected chi connectivity index (χ2v) is 8.00. The van der Waals surface area contributed by atoms with Crippen molar-refractivity contribution >= 4 is 10.2 Å². The number of hydrogen-bond donors (Lipinski definition) is 1. The normalized spacial score (nSPS) is 28.1. The van der Waals surface area contributed by atoms with Crippen molar-refractivity contribution < 1.29 is 8.42 Å². The molecule has 2 saturated heterocycles. The fourth-order valence-electron chi connectivity index (χ4n) is 3.23. The lowest BCUT2D eigenvalue weighted by Crippen LogP contribution is -2.55. The molecule has 0 aromatic heterocycles. The summed E-state index contributed by atoms with van der Waals surface area (Å²) < 4.78 is 28.9. The van der Waals surface area contributed by atoms with Crippen molar-refractivity contribution in [2.24, 2.45) is 5.73 Å². The number of nitrogens with zero attached hydrogens (tertiary/aromatic N) is 3. The molecule has 1 atom stereocenters. The van der Waals surface area contributed by atoms with Gasteiger partial charge in [-0.3, -0.25) is 0 Å². The first-order chi connectivity index (χ1) is 9.46. The Morgan fingerprint density at radius 2 is 1.80 bits per heavy atom. The molecule has 0 amide bonds. The van der Waals surface area contributed by atoms with E-state index in [2.05, 4.69) is 11.9 Å². The van der Waals surface area contributed by atoms with Crippen molar-refractivity contribution in [3.8, 4) is 0 Å². The molecule has 0 radical (unpaired) electrons. The maximum absolute atomic E-state index is 12.8. The lowest BCUT2D eigenvalue weighted by Gasteiger charge is -2.40. The van der Waals surface area contributed by atoms with Crippen molar-refractivity contribution in [2.75, 3.05) is 40.3 Å². The van der Waals surface area contributed by atoms with Crippen molar-refractivity contribution in [3.05, 3.63) is 0 Å². The van der Waals surface area contributed by atoms with Crippen molar-refractivity contribution in [3.63, 3.8) is 0 Å². The molecule has 0 bridgehead atoms. The first kappa shape index (κ1) is 16.2. The van der Waals surface area contributed by atoms with Crippen LogP contribution in [0.15, 0.2) is 0 Å². The Bertz CT molecular complexity index is 407. The molecular formula is C13H28N4O2S. The van der Waals surface area contributed by atoms with Gasteiger partial charge in [0.15, 0.2) is 0 Å². The maximum Gasteiger partial charge on any atom is 0.282 e. The average molecular weight is 304 g/mol. The zero-order chi connectivity index (χ0) is 14.8. The third kappa shape index (κ3) is 3.33. The molecular weight excluding hydrogens is 276 g/mol. The van der Waals surface area contributed by atoms with Gasteiger partial charge in [0, 0.05) is 32.2 Å². The third-order valence-electron chi connectivity index (χ3n) is 4.71. The summed E-state index contributed by atoms with van der Waals surface area (Å²) in [6, 6.07) is 0.0963. The Labute approximate surface area is 123 Å². The van der Waals surface area contributed by atoms with Gasteiger partial charge in [0.05, 0.1) is 0 Å². The van der Waals surface area contributed by atoms with Crippen LogP contribution in [0, 0.1) is 0 Å². The molecule has 118 valence electrons. The van der Waals surface area contributed by atoms with Gasteiger partial charge in [-0.05, 0) is 45.8 Å². The monoisotopic (exact) mass is 304 g/mol. The fourth-order valence-corrected chi connectivity index (χ4v) is 5.07. The lowest BCUT2D eigenvalue weighted by atomic mass is 10.1. The van der Waals surface area contributed by atoms with E-state index in [0.717, 1.165) is 45.2 Å². The Kier molecular flexibility index (Phi) is 5.42. The molecule has 2 heterocycles. The molecule has 0 saturated carbocycles. The fraction of sp³-hybridized carbons (Fsp3) is 1.00. The standard InChI is InChI=1S/C13H28N4O2S/c1-15-9-6-12(7-10-15)16(2)20(18,19)17-8-4-3-5-13(17)11-14/h12-13H,3-11,14H2,1-2H3. The minimum atomic E-state index is -3.37. The van der Waals surface area contributed by atoms with Crippen LogP contribution in [0.2, 0.25) is 0 Å². The average Bonchev–Trinajstić information content (AvgIpc) is 2.47. The highest BCUT2D eigenvalue weighted by molar-refractivity contribution is 7.86. The van der Waals surface area contributed by atoms with Gasteiger partial charge in [0.1, 0.15) is 0 Å². The third-order valence-corrected chi connectivity index (χ3v) is 6.81. The molecule has 0 aromatic rings. The first-order valence-corrected chi connectivity index (χ1v) is 9.00. The summed E-state index contributed by atoms with van der Waals surface area (Å²) in [6.45, 7) is 2.96. The van der Waals surface area contributed by atoms with Crippen molar-refractivity contribution in [1.82, 2.24) is 13.5 Å². The van der Waals surface area contributed by atoms with Crippen LogP contribution >= 0.6 is 0 Å². The second-order valence-electron chi connectivity index (χ2n) is 6.05. The molecule has 7 heteroatoms. The predicted molar refractivity (Wildman–Crippen MR) is 80.6 cm³/mol. The predicted octanol–water partition coefficient (Wildman–Crippen LogP) is 0.0704. The van der Waals surface area contributed by atoms with Crippen LogP contribution in [0.4, 0.5) is 0 Å². The van der Waals surface area contributed by atoms with Gasteiger partial charge in [0.2, 0.25) is 0 Å². The highest BCUT2D eigenvalue weighted by Crippen LogP contribution is 2.25. The van der Waals surface area contributed by atoms with Gasteiger partial charge in [0.25, 0.3) is 10.2 Å². The van der Waals surface area contributed by atoms with Gasteiger partial charge in [-0.2, -0.15) is 17.0 Å². The van der Waals surface area contributed by atoms with E-state index in [1.807, 2.05) is 0 Å². The van der Waals surface area contributed by atoms with Crippen molar-refractivity contribution in [1.29, 1.82) is 0 Å². The summed E-state index contributed by atoms with van der Waals surface area (Å²) in [5, 5.41) is 0. The molecule has 2 fully saturated rings. The molecule has 2 aliphatic rings. The van der Waals surface area contributed by atoms with Crippen LogP contribution in [0.3, 0.4) is 0 Å². The van der Waals surface area contributed by atoms with E-state index in [0.29, 0.717) is 13.1 Å².